The lowest BCUT2D eigenvalue weighted by molar-refractivity contribution is 0.725. The number of halogens is 2. The van der Waals surface area contributed by atoms with E-state index >= 15 is 0 Å². The van der Waals surface area contributed by atoms with E-state index < -0.39 is 0 Å². The second-order valence-electron chi connectivity index (χ2n) is 3.60. The summed E-state index contributed by atoms with van der Waals surface area (Å²) in [6.45, 7) is 0. The van der Waals surface area contributed by atoms with Crippen LogP contribution in [-0.2, 0) is 6.42 Å². The van der Waals surface area contributed by atoms with Gasteiger partial charge in [-0.05, 0) is 46.5 Å². The molecule has 0 aliphatic heterocycles. The van der Waals surface area contributed by atoms with Crippen LogP contribution in [0.4, 0.5) is 0 Å². The van der Waals surface area contributed by atoms with Crippen molar-refractivity contribution in [1.29, 1.82) is 0 Å². The van der Waals surface area contributed by atoms with Crippen molar-refractivity contribution in [1.82, 2.24) is 0 Å². The van der Waals surface area contributed by atoms with Gasteiger partial charge in [0.2, 0.25) is 0 Å². The van der Waals surface area contributed by atoms with Crippen molar-refractivity contribution in [2.24, 2.45) is 5.73 Å². The van der Waals surface area contributed by atoms with Gasteiger partial charge in [0, 0.05) is 15.5 Å². The van der Waals surface area contributed by atoms with Crippen molar-refractivity contribution >= 4 is 38.9 Å². The molecule has 1 nitrogen and oxygen atoms in total. The smallest absolute Gasteiger partial charge is 0.0449 e. The van der Waals surface area contributed by atoms with Crippen molar-refractivity contribution < 1.29 is 0 Å². The molecule has 4 heteroatoms. The minimum atomic E-state index is 0.0184. The van der Waals surface area contributed by atoms with Gasteiger partial charge in [0.25, 0.3) is 0 Å². The molecule has 0 saturated heterocycles. The van der Waals surface area contributed by atoms with E-state index in [1.807, 2.05) is 23.6 Å². The van der Waals surface area contributed by atoms with Crippen LogP contribution in [-0.4, -0.2) is 0 Å². The summed E-state index contributed by atoms with van der Waals surface area (Å²) in [5.41, 5.74) is 8.37. The zero-order chi connectivity index (χ0) is 11.5. The standard InChI is InChI=1S/C12H11BrClNS/c13-10-2-1-8(11(14)6-10)5-12(15)9-3-4-16-7-9/h1-4,6-7,12H,5,15H2. The first kappa shape index (κ1) is 12.1. The van der Waals surface area contributed by atoms with Crippen LogP contribution < -0.4 is 5.73 Å². The first-order valence-electron chi connectivity index (χ1n) is 4.88. The third-order valence-corrected chi connectivity index (χ3v) is 3.97. The molecular weight excluding hydrogens is 306 g/mol. The van der Waals surface area contributed by atoms with Crippen LogP contribution in [0.15, 0.2) is 39.5 Å². The Morgan fingerprint density at radius 2 is 2.19 bits per heavy atom. The third-order valence-electron chi connectivity index (χ3n) is 2.43. The molecule has 0 aliphatic rings. The van der Waals surface area contributed by atoms with Crippen molar-refractivity contribution in [2.45, 2.75) is 12.5 Å². The molecule has 2 rings (SSSR count). The summed E-state index contributed by atoms with van der Waals surface area (Å²) >= 11 is 11.2. The Labute approximate surface area is 112 Å². The van der Waals surface area contributed by atoms with E-state index in [1.165, 1.54) is 5.56 Å². The zero-order valence-corrected chi connectivity index (χ0v) is 11.6. The van der Waals surface area contributed by atoms with Gasteiger partial charge >= 0.3 is 0 Å². The maximum absolute atomic E-state index is 6.15. The van der Waals surface area contributed by atoms with Gasteiger partial charge in [-0.1, -0.05) is 33.6 Å². The maximum Gasteiger partial charge on any atom is 0.0449 e. The molecule has 0 saturated carbocycles. The summed E-state index contributed by atoms with van der Waals surface area (Å²) in [6.07, 6.45) is 0.767. The second kappa shape index (κ2) is 5.32. The largest absolute Gasteiger partial charge is 0.324 e. The van der Waals surface area contributed by atoms with E-state index in [9.17, 15) is 0 Å². The van der Waals surface area contributed by atoms with Gasteiger partial charge < -0.3 is 5.73 Å². The highest BCUT2D eigenvalue weighted by Gasteiger charge is 2.10. The zero-order valence-electron chi connectivity index (χ0n) is 8.49. The van der Waals surface area contributed by atoms with E-state index in [0.29, 0.717) is 0 Å². The molecular formula is C12H11BrClNS. The number of nitrogens with two attached hydrogens (primary N) is 1. The van der Waals surface area contributed by atoms with Crippen LogP contribution in [0.3, 0.4) is 0 Å². The highest BCUT2D eigenvalue weighted by Crippen LogP contribution is 2.26. The molecule has 0 spiro atoms. The summed E-state index contributed by atoms with van der Waals surface area (Å²) in [7, 11) is 0. The van der Waals surface area contributed by atoms with Crippen LogP contribution in [0, 0.1) is 0 Å². The van der Waals surface area contributed by atoms with E-state index in [1.54, 1.807) is 11.3 Å². The predicted octanol–water partition coefficient (Wildman–Crippen LogP) is 4.41. The minimum absolute atomic E-state index is 0.0184. The van der Waals surface area contributed by atoms with Gasteiger partial charge in [-0.25, -0.2) is 0 Å². The Morgan fingerprint density at radius 3 is 2.81 bits per heavy atom. The number of rotatable bonds is 3. The highest BCUT2D eigenvalue weighted by atomic mass is 79.9. The van der Waals surface area contributed by atoms with Gasteiger partial charge in [0.1, 0.15) is 0 Å². The van der Waals surface area contributed by atoms with Crippen LogP contribution in [0.25, 0.3) is 0 Å². The molecule has 1 aromatic heterocycles. The average Bonchev–Trinajstić information content (AvgIpc) is 2.75. The minimum Gasteiger partial charge on any atom is -0.324 e. The van der Waals surface area contributed by atoms with Crippen molar-refractivity contribution in [3.8, 4) is 0 Å². The quantitative estimate of drug-likeness (QED) is 0.892. The van der Waals surface area contributed by atoms with Gasteiger partial charge in [-0.2, -0.15) is 11.3 Å². The maximum atomic E-state index is 6.15. The summed E-state index contributed by atoms with van der Waals surface area (Å²) in [6, 6.07) is 7.98. The van der Waals surface area contributed by atoms with Gasteiger partial charge in [0.15, 0.2) is 0 Å². The molecule has 1 atom stereocenters. The number of benzene rings is 1. The molecule has 84 valence electrons. The fourth-order valence-corrected chi connectivity index (χ4v) is 3.00. The molecule has 1 aromatic carbocycles. The summed E-state index contributed by atoms with van der Waals surface area (Å²) in [4.78, 5) is 0. The molecule has 16 heavy (non-hydrogen) atoms. The fraction of sp³-hybridized carbons (Fsp3) is 0.167. The average molecular weight is 317 g/mol. The van der Waals surface area contributed by atoms with E-state index in [0.717, 1.165) is 21.5 Å². The Kier molecular flexibility index (Phi) is 4.03. The SMILES string of the molecule is NC(Cc1ccc(Br)cc1Cl)c1ccsc1. The molecule has 2 N–H and O–H groups in total. The predicted molar refractivity (Wildman–Crippen MR) is 74.1 cm³/mol. The van der Waals surface area contributed by atoms with E-state index in [2.05, 4.69) is 27.4 Å². The monoisotopic (exact) mass is 315 g/mol. The molecule has 0 aliphatic carbocycles. The molecule has 1 heterocycles. The first-order valence-corrected chi connectivity index (χ1v) is 7.00. The molecule has 0 bridgehead atoms. The van der Waals surface area contributed by atoms with Gasteiger partial charge in [-0.3, -0.25) is 0 Å². The lowest BCUT2D eigenvalue weighted by atomic mass is 10.0. The highest BCUT2D eigenvalue weighted by molar-refractivity contribution is 9.10. The van der Waals surface area contributed by atoms with E-state index in [4.69, 9.17) is 17.3 Å². The Balaban J connectivity index is 2.15. The first-order chi connectivity index (χ1) is 7.66. The number of thiophene rings is 1. The Hall–Kier alpha value is -0.350. The number of hydrogen-bond acceptors (Lipinski definition) is 2. The fourth-order valence-electron chi connectivity index (χ4n) is 1.53. The van der Waals surface area contributed by atoms with Crippen LogP contribution in [0.2, 0.25) is 5.02 Å². The normalized spacial score (nSPS) is 12.7. The lowest BCUT2D eigenvalue weighted by Crippen LogP contribution is -2.12. The number of hydrogen-bond donors (Lipinski definition) is 1. The second-order valence-corrected chi connectivity index (χ2v) is 5.71. The van der Waals surface area contributed by atoms with Crippen LogP contribution in [0.5, 0.6) is 0 Å². The van der Waals surface area contributed by atoms with Gasteiger partial charge in [-0.15, -0.1) is 0 Å². The van der Waals surface area contributed by atoms with Crippen molar-refractivity contribution in [3.05, 3.63) is 55.6 Å². The topological polar surface area (TPSA) is 26.0 Å². The third kappa shape index (κ3) is 2.86. The van der Waals surface area contributed by atoms with E-state index in [-0.39, 0.29) is 6.04 Å². The molecule has 0 radical (unpaired) electrons. The summed E-state index contributed by atoms with van der Waals surface area (Å²) < 4.78 is 0.991. The molecule has 2 aromatic rings. The van der Waals surface area contributed by atoms with Crippen molar-refractivity contribution in [2.75, 3.05) is 0 Å². The summed E-state index contributed by atoms with van der Waals surface area (Å²) in [5.74, 6) is 0. The van der Waals surface area contributed by atoms with Crippen LogP contribution >= 0.6 is 38.9 Å². The lowest BCUT2D eigenvalue weighted by Gasteiger charge is -2.11. The van der Waals surface area contributed by atoms with Crippen molar-refractivity contribution in [3.63, 3.8) is 0 Å². The molecule has 0 amide bonds. The molecule has 1 unspecified atom stereocenters. The summed E-state index contributed by atoms with van der Waals surface area (Å²) in [5, 5.41) is 4.88. The Bertz CT molecular complexity index is 470. The van der Waals surface area contributed by atoms with Gasteiger partial charge in [0.05, 0.1) is 0 Å². The van der Waals surface area contributed by atoms with Crippen LogP contribution in [0.1, 0.15) is 17.2 Å². The molecule has 0 fully saturated rings. The Morgan fingerprint density at radius 1 is 1.38 bits per heavy atom.